The van der Waals surface area contributed by atoms with Crippen LogP contribution in [-0.2, 0) is 13.0 Å². The van der Waals surface area contributed by atoms with Crippen LogP contribution in [0.4, 0.5) is 0 Å². The number of halogens is 1. The molecule has 0 saturated heterocycles. The van der Waals surface area contributed by atoms with Crippen molar-refractivity contribution in [2.24, 2.45) is 11.8 Å². The van der Waals surface area contributed by atoms with Crippen molar-refractivity contribution in [3.8, 4) is 0 Å². The highest BCUT2D eigenvalue weighted by Gasteiger charge is 2.42. The van der Waals surface area contributed by atoms with Crippen molar-refractivity contribution >= 4 is 11.6 Å². The smallest absolute Gasteiger partial charge is 0.131 e. The molecule has 3 rings (SSSR count). The second-order valence-corrected chi connectivity index (χ2v) is 8.13. The van der Waals surface area contributed by atoms with Gasteiger partial charge in [-0.3, -0.25) is 0 Å². The number of hydrogen-bond acceptors (Lipinski definition) is 5. The van der Waals surface area contributed by atoms with Gasteiger partial charge in [0.25, 0.3) is 0 Å². The third-order valence-corrected chi connectivity index (χ3v) is 5.65. The van der Waals surface area contributed by atoms with Gasteiger partial charge in [-0.2, -0.15) is 0 Å². The number of hydrogen-bond donors (Lipinski definition) is 3. The maximum atomic E-state index is 10.4. The summed E-state index contributed by atoms with van der Waals surface area (Å²) >= 11 is 6.07. The highest BCUT2D eigenvalue weighted by molar-refractivity contribution is 6.30. The van der Waals surface area contributed by atoms with E-state index in [1.807, 2.05) is 30.3 Å². The van der Waals surface area contributed by atoms with Crippen LogP contribution in [0, 0.1) is 11.8 Å². The number of aromatic nitrogens is 2. The van der Waals surface area contributed by atoms with Gasteiger partial charge in [0, 0.05) is 47.9 Å². The fourth-order valence-corrected chi connectivity index (χ4v) is 4.13. The molecule has 4 atom stereocenters. The Labute approximate surface area is 165 Å². The second-order valence-electron chi connectivity index (χ2n) is 7.70. The molecule has 3 N–H and O–H groups in total. The molecule has 1 aliphatic carbocycles. The van der Waals surface area contributed by atoms with Gasteiger partial charge in [-0.1, -0.05) is 37.6 Å². The molecule has 1 heterocycles. The summed E-state index contributed by atoms with van der Waals surface area (Å²) in [7, 11) is 0. The molecule has 1 aromatic heterocycles. The van der Waals surface area contributed by atoms with Crippen molar-refractivity contribution < 1.29 is 10.2 Å². The Balaban J connectivity index is 1.73. The maximum Gasteiger partial charge on any atom is 0.131 e. The van der Waals surface area contributed by atoms with Crippen LogP contribution >= 0.6 is 11.6 Å². The molecule has 1 saturated carbocycles. The van der Waals surface area contributed by atoms with E-state index in [4.69, 9.17) is 11.6 Å². The first-order valence-electron chi connectivity index (χ1n) is 9.56. The van der Waals surface area contributed by atoms with Crippen molar-refractivity contribution in [2.45, 2.75) is 51.3 Å². The predicted octanol–water partition coefficient (Wildman–Crippen LogP) is 2.94. The van der Waals surface area contributed by atoms with Crippen LogP contribution in [-0.4, -0.2) is 38.9 Å². The van der Waals surface area contributed by atoms with Crippen molar-refractivity contribution in [2.75, 3.05) is 6.61 Å². The van der Waals surface area contributed by atoms with Crippen LogP contribution in [0.3, 0.4) is 0 Å². The highest BCUT2D eigenvalue weighted by atomic mass is 35.5. The number of nitrogens with one attached hydrogen (secondary N) is 1. The third-order valence-electron chi connectivity index (χ3n) is 5.42. The topological polar surface area (TPSA) is 78.3 Å². The fourth-order valence-electron chi connectivity index (χ4n) is 3.92. The Kier molecular flexibility index (Phi) is 6.82. The molecule has 0 bridgehead atoms. The number of aliphatic hydroxyl groups excluding tert-OH is 2. The van der Waals surface area contributed by atoms with Crippen LogP contribution in [0.2, 0.25) is 5.02 Å². The fraction of sp³-hybridized carbons (Fsp3) is 0.524. The van der Waals surface area contributed by atoms with Crippen molar-refractivity contribution in [3.63, 3.8) is 0 Å². The van der Waals surface area contributed by atoms with Crippen LogP contribution in [0.25, 0.3) is 0 Å². The largest absolute Gasteiger partial charge is 0.396 e. The molecule has 4 unspecified atom stereocenters. The van der Waals surface area contributed by atoms with E-state index in [2.05, 4.69) is 29.1 Å². The molecule has 0 radical (unpaired) electrons. The van der Waals surface area contributed by atoms with Gasteiger partial charge in [0.2, 0.25) is 0 Å². The monoisotopic (exact) mass is 389 g/mol. The minimum absolute atomic E-state index is 0.0245. The summed E-state index contributed by atoms with van der Waals surface area (Å²) in [6, 6.07) is 9.80. The maximum absolute atomic E-state index is 10.4. The number of nitrogens with zero attached hydrogens (tertiary/aromatic N) is 2. The summed E-state index contributed by atoms with van der Waals surface area (Å²) in [5, 5.41) is 24.5. The Morgan fingerprint density at radius 1 is 1.26 bits per heavy atom. The summed E-state index contributed by atoms with van der Waals surface area (Å²) in [6.45, 7) is 4.80. The summed E-state index contributed by atoms with van der Waals surface area (Å²) in [6.07, 6.45) is 2.62. The number of rotatable bonds is 7. The van der Waals surface area contributed by atoms with Crippen molar-refractivity contribution in [1.82, 2.24) is 15.3 Å². The number of benzene rings is 1. The van der Waals surface area contributed by atoms with E-state index in [0.29, 0.717) is 24.4 Å². The Bertz CT molecular complexity index is 756. The normalized spacial score (nSPS) is 25.3. The van der Waals surface area contributed by atoms with Gasteiger partial charge in [0.05, 0.1) is 6.10 Å². The lowest BCUT2D eigenvalue weighted by atomic mass is 9.88. The van der Waals surface area contributed by atoms with E-state index in [1.165, 1.54) is 0 Å². The zero-order valence-electron chi connectivity index (χ0n) is 15.8. The quantitative estimate of drug-likeness (QED) is 0.678. The Morgan fingerprint density at radius 2 is 2.07 bits per heavy atom. The SMILES string of the molecule is CC(C)c1nccc(CC2C(NCc3cccc(Cl)c3)CC(O)C2CO)n1. The van der Waals surface area contributed by atoms with Gasteiger partial charge in [0.15, 0.2) is 0 Å². The van der Waals surface area contributed by atoms with E-state index < -0.39 is 6.10 Å². The van der Waals surface area contributed by atoms with Gasteiger partial charge in [0.1, 0.15) is 5.82 Å². The number of aliphatic hydroxyl groups is 2. The molecule has 1 aliphatic rings. The van der Waals surface area contributed by atoms with Crippen LogP contribution in [0.5, 0.6) is 0 Å². The van der Waals surface area contributed by atoms with Crippen molar-refractivity contribution in [1.29, 1.82) is 0 Å². The minimum Gasteiger partial charge on any atom is -0.396 e. The first-order chi connectivity index (χ1) is 13.0. The molecule has 5 nitrogen and oxygen atoms in total. The minimum atomic E-state index is -0.511. The average Bonchev–Trinajstić information content (AvgIpc) is 2.94. The highest BCUT2D eigenvalue weighted by Crippen LogP contribution is 2.35. The van der Waals surface area contributed by atoms with Crippen LogP contribution < -0.4 is 5.32 Å². The van der Waals surface area contributed by atoms with Gasteiger partial charge in [-0.05, 0) is 42.5 Å². The summed E-state index contributed by atoms with van der Waals surface area (Å²) in [4.78, 5) is 9.01. The van der Waals surface area contributed by atoms with Crippen LogP contribution in [0.1, 0.15) is 43.3 Å². The van der Waals surface area contributed by atoms with Crippen LogP contribution in [0.15, 0.2) is 36.5 Å². The lowest BCUT2D eigenvalue weighted by Crippen LogP contribution is -2.36. The summed E-state index contributed by atoms with van der Waals surface area (Å²) in [5.41, 5.74) is 2.06. The lowest BCUT2D eigenvalue weighted by Gasteiger charge is -2.25. The average molecular weight is 390 g/mol. The predicted molar refractivity (Wildman–Crippen MR) is 107 cm³/mol. The first-order valence-corrected chi connectivity index (χ1v) is 9.94. The standard InChI is InChI=1S/C21H28ClN3O2/c1-13(2)21-23-7-6-16(25-21)9-17-18(12-26)20(27)10-19(17)24-11-14-4-3-5-15(22)8-14/h3-8,13,17-20,24,26-27H,9-12H2,1-2H3. The van der Waals surface area contributed by atoms with Crippen molar-refractivity contribution in [3.05, 3.63) is 58.6 Å². The third kappa shape index (κ3) is 5.05. The van der Waals surface area contributed by atoms with E-state index >= 15 is 0 Å². The lowest BCUT2D eigenvalue weighted by molar-refractivity contribution is 0.0716. The van der Waals surface area contributed by atoms with E-state index in [1.54, 1.807) is 6.20 Å². The summed E-state index contributed by atoms with van der Waals surface area (Å²) in [5.74, 6) is 1.05. The van der Waals surface area contributed by atoms with Gasteiger partial charge < -0.3 is 15.5 Å². The zero-order valence-corrected chi connectivity index (χ0v) is 16.6. The molecular formula is C21H28ClN3O2. The second kappa shape index (κ2) is 9.11. The molecule has 6 heteroatoms. The summed E-state index contributed by atoms with van der Waals surface area (Å²) < 4.78 is 0. The van der Waals surface area contributed by atoms with E-state index in [9.17, 15) is 10.2 Å². The molecule has 0 amide bonds. The van der Waals surface area contributed by atoms with E-state index in [0.717, 1.165) is 17.1 Å². The van der Waals surface area contributed by atoms with E-state index in [-0.39, 0.29) is 30.4 Å². The molecule has 1 fully saturated rings. The molecule has 2 aromatic rings. The Morgan fingerprint density at radius 3 is 2.78 bits per heavy atom. The van der Waals surface area contributed by atoms with Gasteiger partial charge in [-0.15, -0.1) is 0 Å². The first kappa shape index (κ1) is 20.2. The molecule has 27 heavy (non-hydrogen) atoms. The molecular weight excluding hydrogens is 362 g/mol. The molecule has 146 valence electrons. The molecule has 0 spiro atoms. The van der Waals surface area contributed by atoms with Gasteiger partial charge in [-0.25, -0.2) is 9.97 Å². The van der Waals surface area contributed by atoms with Gasteiger partial charge >= 0.3 is 0 Å². The Hall–Kier alpha value is -1.53. The molecule has 0 aliphatic heterocycles. The zero-order chi connectivity index (χ0) is 19.4. The molecule has 1 aromatic carbocycles.